The number of hydrogen-bond acceptors (Lipinski definition) is 2. The van der Waals surface area contributed by atoms with Crippen LogP contribution in [0.15, 0.2) is 30.3 Å². The molecule has 0 fully saturated rings. The summed E-state index contributed by atoms with van der Waals surface area (Å²) in [6.07, 6.45) is 1.27. The topological polar surface area (TPSA) is 26.3 Å². The van der Waals surface area contributed by atoms with E-state index in [-0.39, 0.29) is 5.97 Å². The van der Waals surface area contributed by atoms with Gasteiger partial charge < -0.3 is 0 Å². The van der Waals surface area contributed by atoms with Crippen LogP contribution in [0.2, 0.25) is 0 Å². The summed E-state index contributed by atoms with van der Waals surface area (Å²) in [5.41, 5.74) is 1.18. The van der Waals surface area contributed by atoms with Crippen LogP contribution in [-0.4, -0.2) is 29.4 Å². The van der Waals surface area contributed by atoms with Crippen LogP contribution in [0.1, 0.15) is 12.0 Å². The summed E-state index contributed by atoms with van der Waals surface area (Å²) in [7, 11) is 0. The van der Waals surface area contributed by atoms with E-state index < -0.39 is 0 Å². The second kappa shape index (κ2) is 5.21. The number of aryl methyl sites for hydroxylation is 1. The first-order valence-corrected chi connectivity index (χ1v) is 5.11. The molecule has 0 amide bonds. The third-order valence-electron chi connectivity index (χ3n) is 1.59. The first kappa shape index (κ1) is 9.60. The Morgan fingerprint density at radius 2 is 2.00 bits per heavy atom. The van der Waals surface area contributed by atoms with Crippen molar-refractivity contribution in [2.45, 2.75) is 12.8 Å². The van der Waals surface area contributed by atoms with Gasteiger partial charge in [-0.25, -0.2) is 0 Å². The summed E-state index contributed by atoms with van der Waals surface area (Å²) in [5.74, 6) is -0.0961. The summed E-state index contributed by atoms with van der Waals surface area (Å²) in [6, 6.07) is 9.94. The van der Waals surface area contributed by atoms with E-state index in [4.69, 9.17) is 0 Å². The van der Waals surface area contributed by atoms with Crippen molar-refractivity contribution in [2.24, 2.45) is 0 Å². The minimum atomic E-state index is -0.0961. The van der Waals surface area contributed by atoms with Gasteiger partial charge in [0.25, 0.3) is 0 Å². The fourth-order valence-electron chi connectivity index (χ4n) is 0.950. The van der Waals surface area contributed by atoms with Gasteiger partial charge in [-0.05, 0) is 0 Å². The molecule has 2 nitrogen and oxygen atoms in total. The standard InChI is InChI=1S/C9H10O2.Sb.2H/c10-9(11)7-6-8-4-2-1-3-5-8;;;/h1-5H,6-7H2,(H,10,11);;;/q;+1;;/p-1. The van der Waals surface area contributed by atoms with Gasteiger partial charge in [-0.2, -0.15) is 0 Å². The van der Waals surface area contributed by atoms with Gasteiger partial charge in [-0.3, -0.25) is 0 Å². The minimum absolute atomic E-state index is 0.0961. The van der Waals surface area contributed by atoms with Crippen LogP contribution in [0.25, 0.3) is 0 Å². The molecule has 1 rings (SSSR count). The molecule has 0 atom stereocenters. The monoisotopic (exact) mass is 272 g/mol. The summed E-state index contributed by atoms with van der Waals surface area (Å²) >= 11 is 0.558. The predicted octanol–water partition coefficient (Wildman–Crippen LogP) is 0.710. The summed E-state index contributed by atoms with van der Waals surface area (Å²) < 4.78 is 4.66. The molecule has 1 aromatic rings. The van der Waals surface area contributed by atoms with E-state index in [1.807, 2.05) is 30.3 Å². The predicted molar refractivity (Wildman–Crippen MR) is 49.4 cm³/mol. The summed E-state index contributed by atoms with van der Waals surface area (Å²) in [5, 5.41) is 0. The van der Waals surface area contributed by atoms with Crippen molar-refractivity contribution in [3.8, 4) is 0 Å². The van der Waals surface area contributed by atoms with Crippen molar-refractivity contribution in [3.05, 3.63) is 35.9 Å². The van der Waals surface area contributed by atoms with Gasteiger partial charge in [0, 0.05) is 0 Å². The molecule has 3 heteroatoms. The number of benzene rings is 1. The number of rotatable bonds is 3. The molecule has 0 radical (unpaired) electrons. The molecule has 64 valence electrons. The normalized spacial score (nSPS) is 9.42. The Bertz CT molecular complexity index is 246. The molecule has 0 aliphatic carbocycles. The molecule has 0 unspecified atom stereocenters. The molecule has 1 aromatic carbocycles. The zero-order valence-electron chi connectivity index (χ0n) is 6.69. The van der Waals surface area contributed by atoms with Crippen LogP contribution in [0, 0.1) is 0 Å². The van der Waals surface area contributed by atoms with Gasteiger partial charge in [0.05, 0.1) is 0 Å². The van der Waals surface area contributed by atoms with Crippen molar-refractivity contribution in [2.75, 3.05) is 0 Å². The molecule has 0 N–H and O–H groups in total. The van der Waals surface area contributed by atoms with Gasteiger partial charge in [0.2, 0.25) is 0 Å². The van der Waals surface area contributed by atoms with Crippen LogP contribution in [0.3, 0.4) is 0 Å². The van der Waals surface area contributed by atoms with Crippen molar-refractivity contribution in [1.29, 1.82) is 0 Å². The van der Waals surface area contributed by atoms with Crippen molar-refractivity contribution < 1.29 is 7.81 Å². The molecule has 0 saturated heterocycles. The van der Waals surface area contributed by atoms with Gasteiger partial charge in [-0.1, -0.05) is 0 Å². The van der Waals surface area contributed by atoms with Crippen LogP contribution in [0.4, 0.5) is 0 Å². The van der Waals surface area contributed by atoms with Crippen molar-refractivity contribution in [3.63, 3.8) is 0 Å². The van der Waals surface area contributed by atoms with E-state index in [1.165, 1.54) is 5.56 Å². The average molecular weight is 273 g/mol. The van der Waals surface area contributed by atoms with Crippen molar-refractivity contribution >= 4 is 29.4 Å². The summed E-state index contributed by atoms with van der Waals surface area (Å²) in [6.45, 7) is 0. The molecule has 0 aliphatic heterocycles. The second-order valence-corrected chi connectivity index (χ2v) is 3.15. The van der Waals surface area contributed by atoms with Gasteiger partial charge in [-0.15, -0.1) is 0 Å². The van der Waals surface area contributed by atoms with Crippen LogP contribution in [0.5, 0.6) is 0 Å². The number of carbonyl (C=O) groups is 1. The first-order valence-electron chi connectivity index (χ1n) is 3.76. The third-order valence-corrected chi connectivity index (χ3v) is 2.34. The Hall–Kier alpha value is -0.492. The first-order chi connectivity index (χ1) is 5.83. The molecular weight excluding hydrogens is 262 g/mol. The summed E-state index contributed by atoms with van der Waals surface area (Å²) in [4.78, 5) is 10.8. The van der Waals surface area contributed by atoms with Gasteiger partial charge in [0.1, 0.15) is 0 Å². The molecule has 0 saturated carbocycles. The van der Waals surface area contributed by atoms with E-state index in [9.17, 15) is 4.79 Å². The number of carbonyl (C=O) groups excluding carboxylic acids is 1. The van der Waals surface area contributed by atoms with E-state index in [2.05, 4.69) is 3.02 Å². The molecule has 0 aromatic heterocycles. The molecule has 0 spiro atoms. The second-order valence-electron chi connectivity index (χ2n) is 2.48. The van der Waals surface area contributed by atoms with E-state index in [0.29, 0.717) is 29.9 Å². The maximum atomic E-state index is 10.8. The average Bonchev–Trinajstić information content (AvgIpc) is 2.16. The SMILES string of the molecule is O=C(CCc1ccccc1)[O][SbH2]. The van der Waals surface area contributed by atoms with E-state index in [1.54, 1.807) is 0 Å². The van der Waals surface area contributed by atoms with E-state index in [0.717, 1.165) is 6.42 Å². The van der Waals surface area contributed by atoms with Crippen LogP contribution < -0.4 is 0 Å². The molecule has 0 bridgehead atoms. The van der Waals surface area contributed by atoms with E-state index >= 15 is 0 Å². The third kappa shape index (κ3) is 3.27. The quantitative estimate of drug-likeness (QED) is 0.758. The molecule has 0 aliphatic rings. The molecule has 0 heterocycles. The maximum absolute atomic E-state index is 10.8. The Labute approximate surface area is 86.0 Å². The molecular formula is C9H11O2Sb. The van der Waals surface area contributed by atoms with Crippen molar-refractivity contribution in [1.82, 2.24) is 0 Å². The zero-order valence-corrected chi connectivity index (χ0v) is 9.99. The number of hydrogen-bond donors (Lipinski definition) is 0. The fourth-order valence-corrected chi connectivity index (χ4v) is 1.29. The molecule has 12 heavy (non-hydrogen) atoms. The van der Waals surface area contributed by atoms with Gasteiger partial charge in [0.15, 0.2) is 0 Å². The Kier molecular flexibility index (Phi) is 4.16. The van der Waals surface area contributed by atoms with Gasteiger partial charge >= 0.3 is 86.0 Å². The Morgan fingerprint density at radius 1 is 1.33 bits per heavy atom. The van der Waals surface area contributed by atoms with Crippen LogP contribution in [-0.2, 0) is 14.2 Å². The Morgan fingerprint density at radius 3 is 2.58 bits per heavy atom. The zero-order chi connectivity index (χ0) is 8.81. The van der Waals surface area contributed by atoms with Crippen LogP contribution >= 0.6 is 0 Å². The fraction of sp³-hybridized carbons (Fsp3) is 0.222. The Balaban J connectivity index is 2.38.